The molecule has 0 aliphatic rings. The molecule has 0 aliphatic heterocycles. The minimum Gasteiger partial charge on any atom is -0.354 e. The smallest absolute Gasteiger partial charge is 0.253 e. The van der Waals surface area contributed by atoms with E-state index in [0.717, 1.165) is 20.4 Å². The van der Waals surface area contributed by atoms with Crippen LogP contribution in [0.25, 0.3) is 0 Å². The van der Waals surface area contributed by atoms with Gasteiger partial charge in [-0.25, -0.2) is 0 Å². The third-order valence-corrected chi connectivity index (χ3v) is 6.81. The fourth-order valence-corrected chi connectivity index (χ4v) is 5.61. The van der Waals surface area contributed by atoms with Gasteiger partial charge in [-0.05, 0) is 51.3 Å². The molecule has 0 unspecified atom stereocenters. The molecular formula is C20H32Br2N2O2S. The van der Waals surface area contributed by atoms with Gasteiger partial charge in [0.05, 0.1) is 13.1 Å². The number of halogens is 2. The first kappa shape index (κ1) is 24.6. The lowest BCUT2D eigenvalue weighted by atomic mass is 10.1. The number of nitrogens with one attached hydrogen (secondary N) is 2. The molecular weight excluding hydrogens is 492 g/mol. The molecule has 1 aromatic rings. The van der Waals surface area contributed by atoms with E-state index in [4.69, 9.17) is 0 Å². The molecule has 4 nitrogen and oxygen atoms in total. The van der Waals surface area contributed by atoms with E-state index >= 15 is 0 Å². The van der Waals surface area contributed by atoms with Gasteiger partial charge in [0.15, 0.2) is 0 Å². The first-order valence-electron chi connectivity index (χ1n) is 9.99. The van der Waals surface area contributed by atoms with Gasteiger partial charge in [-0.3, -0.25) is 9.59 Å². The van der Waals surface area contributed by atoms with Crippen LogP contribution < -0.4 is 10.6 Å². The van der Waals surface area contributed by atoms with Crippen LogP contribution in [0.15, 0.2) is 13.6 Å². The van der Waals surface area contributed by atoms with Crippen molar-refractivity contribution in [2.45, 2.75) is 84.1 Å². The van der Waals surface area contributed by atoms with Crippen molar-refractivity contribution in [2.75, 3.05) is 6.54 Å². The summed E-state index contributed by atoms with van der Waals surface area (Å²) in [6, 6.07) is 1.20. The largest absolute Gasteiger partial charge is 0.354 e. The summed E-state index contributed by atoms with van der Waals surface area (Å²) in [5.41, 5.74) is 0.543. The van der Waals surface area contributed by atoms with Crippen molar-refractivity contribution in [3.8, 4) is 0 Å². The van der Waals surface area contributed by atoms with Crippen molar-refractivity contribution >= 4 is 55.0 Å². The highest BCUT2D eigenvalue weighted by atomic mass is 79.9. The number of carbonyl (C=O) groups is 2. The number of carbonyl (C=O) groups excluding carboxylic acids is 2. The number of thiophene rings is 1. The third-order valence-electron chi connectivity index (χ3n) is 4.47. The molecule has 1 rings (SSSR count). The highest BCUT2D eigenvalue weighted by Gasteiger charge is 2.19. The maximum atomic E-state index is 12.2. The van der Waals surface area contributed by atoms with Crippen molar-refractivity contribution in [3.05, 3.63) is 19.2 Å². The zero-order valence-electron chi connectivity index (χ0n) is 16.4. The Hall–Kier alpha value is -0.400. The molecule has 1 atom stereocenters. The summed E-state index contributed by atoms with van der Waals surface area (Å²) in [7, 11) is 0. The summed E-state index contributed by atoms with van der Waals surface area (Å²) in [4.78, 5) is 24.3. The lowest BCUT2D eigenvalue weighted by Crippen LogP contribution is -2.45. The van der Waals surface area contributed by atoms with Gasteiger partial charge in [0.1, 0.15) is 6.04 Å². The normalized spacial score (nSPS) is 12.0. The number of hydrogen-bond acceptors (Lipinski definition) is 3. The van der Waals surface area contributed by atoms with E-state index in [1.54, 1.807) is 13.0 Å². The fourth-order valence-electron chi connectivity index (χ4n) is 2.81. The van der Waals surface area contributed by atoms with E-state index in [0.29, 0.717) is 12.1 Å². The summed E-state index contributed by atoms with van der Waals surface area (Å²) in [5, 5.41) is 5.66. The molecule has 0 saturated carbocycles. The SMILES string of the molecule is CCCCCCCCCCCCNC(=O)[C@H](C)NC(=O)c1cc(Br)sc1Br. The summed E-state index contributed by atoms with van der Waals surface area (Å²) < 4.78 is 1.63. The van der Waals surface area contributed by atoms with Gasteiger partial charge in [-0.2, -0.15) is 0 Å². The van der Waals surface area contributed by atoms with Crippen molar-refractivity contribution in [3.63, 3.8) is 0 Å². The molecule has 0 spiro atoms. The Morgan fingerprint density at radius 2 is 1.56 bits per heavy atom. The first-order chi connectivity index (χ1) is 13.0. The topological polar surface area (TPSA) is 58.2 Å². The average Bonchev–Trinajstić information content (AvgIpc) is 2.97. The zero-order chi connectivity index (χ0) is 20.1. The fraction of sp³-hybridized carbons (Fsp3) is 0.700. The van der Waals surface area contributed by atoms with E-state index < -0.39 is 6.04 Å². The number of rotatable bonds is 14. The molecule has 0 aromatic carbocycles. The van der Waals surface area contributed by atoms with Crippen LogP contribution in [0.1, 0.15) is 88.4 Å². The highest BCUT2D eigenvalue weighted by molar-refractivity contribution is 9.12. The van der Waals surface area contributed by atoms with E-state index in [1.807, 2.05) is 0 Å². The zero-order valence-corrected chi connectivity index (χ0v) is 20.4. The second-order valence-corrected chi connectivity index (χ2v) is 10.7. The molecule has 1 heterocycles. The minimum absolute atomic E-state index is 0.135. The van der Waals surface area contributed by atoms with Gasteiger partial charge < -0.3 is 10.6 Å². The number of hydrogen-bond donors (Lipinski definition) is 2. The first-order valence-corrected chi connectivity index (χ1v) is 12.4. The van der Waals surface area contributed by atoms with Gasteiger partial charge in [0, 0.05) is 6.54 Å². The lowest BCUT2D eigenvalue weighted by molar-refractivity contribution is -0.122. The van der Waals surface area contributed by atoms with Gasteiger partial charge in [-0.15, -0.1) is 11.3 Å². The minimum atomic E-state index is -0.550. The van der Waals surface area contributed by atoms with E-state index in [9.17, 15) is 9.59 Å². The third kappa shape index (κ3) is 10.6. The standard InChI is InChI=1S/C20H32Br2N2O2S/c1-3-4-5-6-7-8-9-10-11-12-13-23-19(25)15(2)24-20(26)16-14-17(21)27-18(16)22/h14-15H,3-13H2,1-2H3,(H,23,25)(H,24,26)/t15-/m0/s1. The van der Waals surface area contributed by atoms with Gasteiger partial charge >= 0.3 is 0 Å². The van der Waals surface area contributed by atoms with E-state index in [2.05, 4.69) is 49.4 Å². The van der Waals surface area contributed by atoms with Crippen LogP contribution in [0.2, 0.25) is 0 Å². The van der Waals surface area contributed by atoms with Crippen molar-refractivity contribution in [2.24, 2.45) is 0 Å². The number of unbranched alkanes of at least 4 members (excludes halogenated alkanes) is 9. The van der Waals surface area contributed by atoms with E-state index in [1.165, 1.54) is 62.7 Å². The van der Waals surface area contributed by atoms with Crippen LogP contribution in [0.4, 0.5) is 0 Å². The molecule has 1 aromatic heterocycles. The Labute approximate surface area is 184 Å². The molecule has 0 bridgehead atoms. The predicted octanol–water partition coefficient (Wildman–Crippen LogP) is 6.43. The molecule has 154 valence electrons. The highest BCUT2D eigenvalue weighted by Crippen LogP contribution is 2.31. The van der Waals surface area contributed by atoms with Crippen LogP contribution >= 0.6 is 43.2 Å². The van der Waals surface area contributed by atoms with Crippen LogP contribution in [0.5, 0.6) is 0 Å². The Kier molecular flexibility index (Phi) is 13.3. The lowest BCUT2D eigenvalue weighted by Gasteiger charge is -2.14. The van der Waals surface area contributed by atoms with Crippen LogP contribution in [0, 0.1) is 0 Å². The van der Waals surface area contributed by atoms with Crippen LogP contribution in [0.3, 0.4) is 0 Å². The van der Waals surface area contributed by atoms with Crippen molar-refractivity contribution in [1.29, 1.82) is 0 Å². The average molecular weight is 524 g/mol. The predicted molar refractivity (Wildman–Crippen MR) is 122 cm³/mol. The molecule has 0 saturated heterocycles. The Morgan fingerprint density at radius 3 is 2.07 bits per heavy atom. The molecule has 7 heteroatoms. The van der Waals surface area contributed by atoms with Crippen LogP contribution in [-0.2, 0) is 4.79 Å². The summed E-state index contributed by atoms with van der Waals surface area (Å²) >= 11 is 8.15. The van der Waals surface area contributed by atoms with E-state index in [-0.39, 0.29) is 11.8 Å². The Morgan fingerprint density at radius 1 is 1.00 bits per heavy atom. The quantitative estimate of drug-likeness (QED) is 0.276. The Bertz CT molecular complexity index is 578. The van der Waals surface area contributed by atoms with Crippen LogP contribution in [-0.4, -0.2) is 24.4 Å². The van der Waals surface area contributed by atoms with Crippen molar-refractivity contribution < 1.29 is 9.59 Å². The monoisotopic (exact) mass is 522 g/mol. The maximum absolute atomic E-state index is 12.2. The summed E-state index contributed by atoms with van der Waals surface area (Å²) in [6.45, 7) is 4.62. The summed E-state index contributed by atoms with van der Waals surface area (Å²) in [6.07, 6.45) is 12.7. The maximum Gasteiger partial charge on any atom is 0.253 e. The van der Waals surface area contributed by atoms with Gasteiger partial charge in [0.2, 0.25) is 5.91 Å². The summed E-state index contributed by atoms with van der Waals surface area (Å²) in [5.74, 6) is -0.380. The van der Waals surface area contributed by atoms with Gasteiger partial charge in [-0.1, -0.05) is 64.7 Å². The van der Waals surface area contributed by atoms with Gasteiger partial charge in [0.25, 0.3) is 5.91 Å². The molecule has 2 amide bonds. The molecule has 0 aliphatic carbocycles. The second-order valence-electron chi connectivity index (χ2n) is 6.91. The molecule has 0 fully saturated rings. The molecule has 2 N–H and O–H groups in total. The van der Waals surface area contributed by atoms with Crippen molar-refractivity contribution in [1.82, 2.24) is 10.6 Å². The molecule has 0 radical (unpaired) electrons. The molecule has 27 heavy (non-hydrogen) atoms. The Balaban J connectivity index is 2.07. The second kappa shape index (κ2) is 14.6. The number of amides is 2.